The molecule has 5 nitrogen and oxygen atoms in total. The Balaban J connectivity index is 2.13. The fraction of sp³-hybridized carbons (Fsp3) is 0.125. The Kier molecular flexibility index (Phi) is 6.04. The van der Waals surface area contributed by atoms with Gasteiger partial charge in [-0.1, -0.05) is 24.4 Å². The number of urea groups is 1. The van der Waals surface area contributed by atoms with E-state index < -0.39 is 22.8 Å². The zero-order chi connectivity index (χ0) is 19.5. The second kappa shape index (κ2) is 7.88. The van der Waals surface area contributed by atoms with E-state index >= 15 is 0 Å². The average molecular weight is 404 g/mol. The van der Waals surface area contributed by atoms with Crippen molar-refractivity contribution in [2.45, 2.75) is 13.1 Å². The summed E-state index contributed by atoms with van der Waals surface area (Å²) in [5, 5.41) is 4.41. The van der Waals surface area contributed by atoms with Gasteiger partial charge < -0.3 is 10.6 Å². The number of thiol groups is 1. The normalized spacial score (nSPS) is 11.0. The molecular formula is C16H13ClF3N3O2S. The number of carbonyl (C=O) groups excluding carboxylic acids is 2. The molecule has 2 aromatic rings. The van der Waals surface area contributed by atoms with Crippen molar-refractivity contribution in [3.63, 3.8) is 0 Å². The summed E-state index contributed by atoms with van der Waals surface area (Å²) in [5.74, 6) is -0.249. The first-order valence-corrected chi connectivity index (χ1v) is 7.90. The molecule has 2 aromatic carbocycles. The minimum atomic E-state index is -4.64. The summed E-state index contributed by atoms with van der Waals surface area (Å²) in [7, 11) is 0. The topological polar surface area (TPSA) is 61.4 Å². The maximum absolute atomic E-state index is 12.9. The van der Waals surface area contributed by atoms with E-state index in [9.17, 15) is 22.8 Å². The first-order chi connectivity index (χ1) is 12.1. The number of alkyl halides is 3. The van der Waals surface area contributed by atoms with Crippen LogP contribution in [-0.2, 0) is 11.0 Å². The monoisotopic (exact) mass is 403 g/mol. The van der Waals surface area contributed by atoms with Crippen LogP contribution in [0, 0.1) is 0 Å². The van der Waals surface area contributed by atoms with E-state index in [0.29, 0.717) is 11.4 Å². The highest BCUT2D eigenvalue weighted by Gasteiger charge is 2.33. The quantitative estimate of drug-likeness (QED) is 0.617. The number of carbonyl (C=O) groups is 2. The third kappa shape index (κ3) is 5.06. The maximum atomic E-state index is 12.9. The first-order valence-electron chi connectivity index (χ1n) is 7.12. The largest absolute Gasteiger partial charge is 0.417 e. The molecule has 2 rings (SSSR count). The number of rotatable bonds is 3. The Morgan fingerprint density at radius 3 is 2.15 bits per heavy atom. The molecule has 0 radical (unpaired) electrons. The van der Waals surface area contributed by atoms with Crippen molar-refractivity contribution in [1.29, 1.82) is 0 Å². The molecule has 0 unspecified atom stereocenters. The van der Waals surface area contributed by atoms with E-state index in [1.165, 1.54) is 25.1 Å². The lowest BCUT2D eigenvalue weighted by Gasteiger charge is -2.18. The molecular weight excluding hydrogens is 391 g/mol. The van der Waals surface area contributed by atoms with Crippen molar-refractivity contribution < 1.29 is 22.8 Å². The summed E-state index contributed by atoms with van der Waals surface area (Å²) in [6.07, 6.45) is -4.64. The molecule has 0 aromatic heterocycles. The number of benzene rings is 2. The van der Waals surface area contributed by atoms with E-state index in [4.69, 9.17) is 11.6 Å². The summed E-state index contributed by atoms with van der Waals surface area (Å²) in [6.45, 7) is 1.35. The van der Waals surface area contributed by atoms with Gasteiger partial charge >= 0.3 is 12.2 Å². The molecule has 0 saturated carbocycles. The summed E-state index contributed by atoms with van der Waals surface area (Å²) in [4.78, 5) is 23.2. The van der Waals surface area contributed by atoms with Gasteiger partial charge in [0.25, 0.3) is 0 Å². The molecule has 0 fully saturated rings. The molecule has 0 spiro atoms. The predicted molar refractivity (Wildman–Crippen MR) is 97.7 cm³/mol. The number of halogens is 4. The van der Waals surface area contributed by atoms with Gasteiger partial charge in [0.05, 0.1) is 16.3 Å². The number of amides is 3. The number of nitrogens with zero attached hydrogens (tertiary/aromatic N) is 1. The van der Waals surface area contributed by atoms with Crippen LogP contribution in [-0.4, -0.2) is 11.9 Å². The number of nitrogens with one attached hydrogen (secondary N) is 2. The zero-order valence-electron chi connectivity index (χ0n) is 13.3. The predicted octanol–water partition coefficient (Wildman–Crippen LogP) is 5.20. The molecule has 138 valence electrons. The van der Waals surface area contributed by atoms with Gasteiger partial charge in [-0.2, -0.15) is 13.2 Å². The highest BCUT2D eigenvalue weighted by Crippen LogP contribution is 2.36. The highest BCUT2D eigenvalue weighted by molar-refractivity contribution is 7.82. The van der Waals surface area contributed by atoms with Crippen LogP contribution in [0.3, 0.4) is 0 Å². The Labute approximate surface area is 157 Å². The summed E-state index contributed by atoms with van der Waals surface area (Å²) in [6, 6.07) is 8.40. The Morgan fingerprint density at radius 1 is 1.04 bits per heavy atom. The van der Waals surface area contributed by atoms with Gasteiger partial charge in [-0.25, -0.2) is 9.10 Å². The third-order valence-electron chi connectivity index (χ3n) is 3.15. The molecule has 0 heterocycles. The lowest BCUT2D eigenvalue weighted by Crippen LogP contribution is -2.27. The third-order valence-corrected chi connectivity index (χ3v) is 3.89. The number of hydrogen-bond donors (Lipinski definition) is 3. The summed E-state index contributed by atoms with van der Waals surface area (Å²) in [5.41, 5.74) is -0.260. The molecule has 2 N–H and O–H groups in total. The molecule has 0 aliphatic heterocycles. The van der Waals surface area contributed by atoms with Gasteiger partial charge in [-0.3, -0.25) is 4.79 Å². The van der Waals surface area contributed by atoms with Gasteiger partial charge in [0.1, 0.15) is 0 Å². The Bertz CT molecular complexity index is 828. The smallest absolute Gasteiger partial charge is 0.326 e. The van der Waals surface area contributed by atoms with Crippen molar-refractivity contribution in [2.75, 3.05) is 14.9 Å². The molecule has 0 atom stereocenters. The van der Waals surface area contributed by atoms with E-state index in [1.807, 2.05) is 0 Å². The minimum Gasteiger partial charge on any atom is -0.326 e. The molecule has 26 heavy (non-hydrogen) atoms. The van der Waals surface area contributed by atoms with E-state index in [1.54, 1.807) is 12.1 Å². The van der Waals surface area contributed by atoms with Crippen molar-refractivity contribution in [3.05, 3.63) is 53.1 Å². The van der Waals surface area contributed by atoms with Crippen molar-refractivity contribution >= 4 is 53.4 Å². The van der Waals surface area contributed by atoms with Gasteiger partial charge in [-0.15, -0.1) is 0 Å². The van der Waals surface area contributed by atoms with Crippen LogP contribution < -0.4 is 14.9 Å². The summed E-state index contributed by atoms with van der Waals surface area (Å²) < 4.78 is 39.5. The van der Waals surface area contributed by atoms with Gasteiger partial charge in [-0.05, 0) is 42.5 Å². The highest BCUT2D eigenvalue weighted by atomic mass is 35.5. The SMILES string of the molecule is CC(=O)Nc1ccc(N(S)C(=O)Nc2ccc(Cl)c(C(F)(F)F)c2)cc1. The zero-order valence-corrected chi connectivity index (χ0v) is 14.9. The van der Waals surface area contributed by atoms with Crippen LogP contribution in [0.5, 0.6) is 0 Å². The molecule has 10 heteroatoms. The molecule has 0 aliphatic carbocycles. The van der Waals surface area contributed by atoms with Crippen LogP contribution in [0.1, 0.15) is 12.5 Å². The fourth-order valence-corrected chi connectivity index (χ4v) is 2.41. The Hall–Kier alpha value is -2.39. The Morgan fingerprint density at radius 2 is 1.62 bits per heavy atom. The van der Waals surface area contributed by atoms with Crippen LogP contribution in [0.25, 0.3) is 0 Å². The molecule has 0 saturated heterocycles. The van der Waals surface area contributed by atoms with Crippen LogP contribution >= 0.6 is 24.4 Å². The van der Waals surface area contributed by atoms with Crippen molar-refractivity contribution in [1.82, 2.24) is 0 Å². The molecule has 0 aliphatic rings. The van der Waals surface area contributed by atoms with Crippen molar-refractivity contribution in [3.8, 4) is 0 Å². The number of anilines is 3. The van der Waals surface area contributed by atoms with E-state index in [2.05, 4.69) is 23.4 Å². The second-order valence-corrected chi connectivity index (χ2v) is 5.97. The lowest BCUT2D eigenvalue weighted by atomic mass is 10.2. The van der Waals surface area contributed by atoms with Gasteiger partial charge in [0.15, 0.2) is 0 Å². The van der Waals surface area contributed by atoms with Crippen LogP contribution in [0.2, 0.25) is 5.02 Å². The van der Waals surface area contributed by atoms with Gasteiger partial charge in [0, 0.05) is 18.3 Å². The van der Waals surface area contributed by atoms with Crippen LogP contribution in [0.4, 0.5) is 35.0 Å². The van der Waals surface area contributed by atoms with Crippen LogP contribution in [0.15, 0.2) is 42.5 Å². The van der Waals surface area contributed by atoms with Gasteiger partial charge in [0.2, 0.25) is 5.91 Å². The lowest BCUT2D eigenvalue weighted by molar-refractivity contribution is -0.137. The fourth-order valence-electron chi connectivity index (χ4n) is 2.00. The second-order valence-electron chi connectivity index (χ2n) is 5.16. The molecule has 3 amide bonds. The average Bonchev–Trinajstić information content (AvgIpc) is 2.55. The minimum absolute atomic E-state index is 0.0827. The maximum Gasteiger partial charge on any atom is 0.417 e. The molecule has 0 bridgehead atoms. The number of hydrogen-bond acceptors (Lipinski definition) is 3. The van der Waals surface area contributed by atoms with Crippen molar-refractivity contribution in [2.24, 2.45) is 0 Å². The summed E-state index contributed by atoms with van der Waals surface area (Å²) >= 11 is 9.58. The standard InChI is InChI=1S/C16H13ClF3N3O2S/c1-9(24)21-10-2-5-12(6-3-10)23(26)15(25)22-11-4-7-14(17)13(8-11)16(18,19)20/h2-8,26H,1H3,(H,21,24)(H,22,25). The van der Waals surface area contributed by atoms with E-state index in [0.717, 1.165) is 16.4 Å². The first kappa shape index (κ1) is 19.9. The van der Waals surface area contributed by atoms with E-state index in [-0.39, 0.29) is 11.6 Å².